The van der Waals surface area contributed by atoms with Gasteiger partial charge in [0.05, 0.1) is 6.61 Å². The first kappa shape index (κ1) is 14.6. The number of hydrogen-bond acceptors (Lipinski definition) is 5. The monoisotopic (exact) mass is 251 g/mol. The number of phenols is 1. The average molecular weight is 251 g/mol. The van der Waals surface area contributed by atoms with E-state index in [0.29, 0.717) is 6.54 Å². The van der Waals surface area contributed by atoms with Crippen LogP contribution in [-0.4, -0.2) is 40.9 Å². The predicted octanol–water partition coefficient (Wildman–Crippen LogP) is 0.144. The van der Waals surface area contributed by atoms with Gasteiger partial charge in [-0.1, -0.05) is 0 Å². The fourth-order valence-electron chi connectivity index (χ4n) is 0.780. The van der Waals surface area contributed by atoms with Gasteiger partial charge in [-0.3, -0.25) is 9.11 Å². The van der Waals surface area contributed by atoms with E-state index >= 15 is 0 Å². The van der Waals surface area contributed by atoms with Crippen molar-refractivity contribution in [3.8, 4) is 5.75 Å². The Morgan fingerprint density at radius 2 is 1.56 bits per heavy atom. The van der Waals surface area contributed by atoms with E-state index in [1.165, 1.54) is 0 Å². The Bertz CT molecular complexity index is 379. The number of nitrogens with one attached hydrogen (secondary N) is 1. The van der Waals surface area contributed by atoms with E-state index in [0.717, 1.165) is 5.69 Å². The number of aliphatic hydroxyl groups excluding tert-OH is 1. The molecule has 0 fully saturated rings. The molecule has 0 spiro atoms. The van der Waals surface area contributed by atoms with Crippen LogP contribution in [0.15, 0.2) is 24.3 Å². The summed E-state index contributed by atoms with van der Waals surface area (Å²) in [5.41, 5.74) is 0.900. The highest BCUT2D eigenvalue weighted by atomic mass is 32.3. The molecule has 0 unspecified atom stereocenters. The molecule has 8 heteroatoms. The van der Waals surface area contributed by atoms with Crippen molar-refractivity contribution >= 4 is 16.1 Å². The summed E-state index contributed by atoms with van der Waals surface area (Å²) in [6.07, 6.45) is 0. The lowest BCUT2D eigenvalue weighted by atomic mass is 10.3. The van der Waals surface area contributed by atoms with E-state index in [2.05, 4.69) is 5.32 Å². The average Bonchev–Trinajstić information content (AvgIpc) is 2.14. The van der Waals surface area contributed by atoms with Gasteiger partial charge in [0.1, 0.15) is 5.75 Å². The first-order valence-electron chi connectivity index (χ1n) is 4.16. The van der Waals surface area contributed by atoms with Crippen molar-refractivity contribution in [2.24, 2.45) is 0 Å². The minimum atomic E-state index is -4.67. The van der Waals surface area contributed by atoms with Crippen LogP contribution in [0.4, 0.5) is 5.69 Å². The second kappa shape index (κ2) is 7.01. The Kier molecular flexibility index (Phi) is 6.42. The number of benzene rings is 1. The molecule has 0 aliphatic heterocycles. The summed E-state index contributed by atoms with van der Waals surface area (Å²) in [7, 11) is -4.67. The molecule has 0 amide bonds. The summed E-state index contributed by atoms with van der Waals surface area (Å²) >= 11 is 0. The number of hydrogen-bond donors (Lipinski definition) is 5. The molecule has 7 nitrogen and oxygen atoms in total. The Hall–Kier alpha value is -1.35. The molecule has 0 aliphatic rings. The summed E-state index contributed by atoms with van der Waals surface area (Å²) < 4.78 is 31.6. The number of aliphatic hydroxyl groups is 1. The smallest absolute Gasteiger partial charge is 0.394 e. The molecule has 1 aromatic rings. The molecular weight excluding hydrogens is 238 g/mol. The van der Waals surface area contributed by atoms with E-state index in [4.69, 9.17) is 27.7 Å². The van der Waals surface area contributed by atoms with Crippen LogP contribution in [0.25, 0.3) is 0 Å². The Labute approximate surface area is 92.9 Å². The fraction of sp³-hybridized carbons (Fsp3) is 0.250. The third-order valence-corrected chi connectivity index (χ3v) is 1.31. The zero-order chi connectivity index (χ0) is 12.6. The van der Waals surface area contributed by atoms with Crippen molar-refractivity contribution in [1.82, 2.24) is 0 Å². The van der Waals surface area contributed by atoms with Crippen molar-refractivity contribution in [1.29, 1.82) is 0 Å². The lowest BCUT2D eigenvalue weighted by molar-refractivity contribution is 0.311. The number of aromatic hydroxyl groups is 1. The zero-order valence-electron chi connectivity index (χ0n) is 8.24. The Morgan fingerprint density at radius 1 is 1.12 bits per heavy atom. The van der Waals surface area contributed by atoms with Gasteiger partial charge in [-0.15, -0.1) is 0 Å². The van der Waals surface area contributed by atoms with Crippen LogP contribution in [0.5, 0.6) is 5.75 Å². The molecule has 0 bridgehead atoms. The van der Waals surface area contributed by atoms with Crippen LogP contribution >= 0.6 is 0 Å². The Morgan fingerprint density at radius 3 is 1.94 bits per heavy atom. The fourth-order valence-corrected chi connectivity index (χ4v) is 0.780. The first-order valence-corrected chi connectivity index (χ1v) is 5.56. The maximum absolute atomic E-state index is 8.90. The van der Waals surface area contributed by atoms with E-state index in [1.54, 1.807) is 24.3 Å². The summed E-state index contributed by atoms with van der Waals surface area (Å²) in [5, 5.41) is 20.3. The SMILES string of the molecule is O=S(=O)(O)O.OCCNc1ccc(O)cc1. The molecule has 0 atom stereocenters. The maximum atomic E-state index is 8.90. The molecule has 92 valence electrons. The van der Waals surface area contributed by atoms with Gasteiger partial charge in [0.15, 0.2) is 0 Å². The molecule has 0 heterocycles. The van der Waals surface area contributed by atoms with Gasteiger partial charge in [-0.25, -0.2) is 0 Å². The number of phenolic OH excluding ortho intramolecular Hbond substituents is 1. The summed E-state index contributed by atoms with van der Waals surface area (Å²) in [5.74, 6) is 0.250. The molecule has 0 saturated heterocycles. The van der Waals surface area contributed by atoms with Gasteiger partial charge in [0.2, 0.25) is 0 Å². The van der Waals surface area contributed by atoms with Gasteiger partial charge in [0, 0.05) is 12.2 Å². The molecule has 0 aromatic heterocycles. The second-order valence-electron chi connectivity index (χ2n) is 2.65. The minimum Gasteiger partial charge on any atom is -0.508 e. The number of rotatable bonds is 3. The molecule has 1 rings (SSSR count). The topological polar surface area (TPSA) is 127 Å². The van der Waals surface area contributed by atoms with Gasteiger partial charge >= 0.3 is 10.4 Å². The number of anilines is 1. The summed E-state index contributed by atoms with van der Waals surface area (Å²) in [6, 6.07) is 6.70. The summed E-state index contributed by atoms with van der Waals surface area (Å²) in [4.78, 5) is 0. The summed E-state index contributed by atoms with van der Waals surface area (Å²) in [6.45, 7) is 0.644. The predicted molar refractivity (Wildman–Crippen MR) is 57.9 cm³/mol. The highest BCUT2D eigenvalue weighted by molar-refractivity contribution is 7.79. The van der Waals surface area contributed by atoms with Crippen molar-refractivity contribution in [3.63, 3.8) is 0 Å². The van der Waals surface area contributed by atoms with Crippen molar-refractivity contribution in [3.05, 3.63) is 24.3 Å². The highest BCUT2D eigenvalue weighted by Crippen LogP contribution is 2.12. The molecular formula is C8H13NO6S. The van der Waals surface area contributed by atoms with Gasteiger partial charge in [-0.05, 0) is 24.3 Å². The quantitative estimate of drug-likeness (QED) is 0.382. The third-order valence-electron chi connectivity index (χ3n) is 1.31. The lowest BCUT2D eigenvalue weighted by Gasteiger charge is -2.02. The molecule has 5 N–H and O–H groups in total. The minimum absolute atomic E-state index is 0.112. The maximum Gasteiger partial charge on any atom is 0.394 e. The third kappa shape index (κ3) is 10.7. The molecule has 0 aliphatic carbocycles. The molecule has 0 radical (unpaired) electrons. The van der Waals surface area contributed by atoms with E-state index in [9.17, 15) is 0 Å². The van der Waals surface area contributed by atoms with Crippen molar-refractivity contribution in [2.45, 2.75) is 0 Å². The van der Waals surface area contributed by atoms with Crippen molar-refractivity contribution < 1.29 is 27.7 Å². The van der Waals surface area contributed by atoms with E-state index in [1.807, 2.05) is 0 Å². The molecule has 1 aromatic carbocycles. The van der Waals surface area contributed by atoms with Gasteiger partial charge < -0.3 is 15.5 Å². The normalized spacial score (nSPS) is 10.2. The van der Waals surface area contributed by atoms with Crippen LogP contribution < -0.4 is 5.32 Å². The highest BCUT2D eigenvalue weighted by Gasteiger charge is 1.89. The molecule has 0 saturated carbocycles. The van der Waals surface area contributed by atoms with Crippen LogP contribution in [0.2, 0.25) is 0 Å². The van der Waals surface area contributed by atoms with E-state index < -0.39 is 10.4 Å². The largest absolute Gasteiger partial charge is 0.508 e. The van der Waals surface area contributed by atoms with Crippen LogP contribution in [0.1, 0.15) is 0 Å². The Balaban J connectivity index is 0.000000385. The zero-order valence-corrected chi connectivity index (χ0v) is 9.05. The van der Waals surface area contributed by atoms with E-state index in [-0.39, 0.29) is 12.4 Å². The van der Waals surface area contributed by atoms with Gasteiger partial charge in [-0.2, -0.15) is 8.42 Å². The second-order valence-corrected chi connectivity index (χ2v) is 3.54. The molecule has 16 heavy (non-hydrogen) atoms. The van der Waals surface area contributed by atoms with Crippen LogP contribution in [0, 0.1) is 0 Å². The first-order chi connectivity index (χ1) is 7.33. The lowest BCUT2D eigenvalue weighted by Crippen LogP contribution is -2.04. The van der Waals surface area contributed by atoms with Crippen LogP contribution in [0.3, 0.4) is 0 Å². The van der Waals surface area contributed by atoms with Crippen LogP contribution in [-0.2, 0) is 10.4 Å². The van der Waals surface area contributed by atoms with Crippen molar-refractivity contribution in [2.75, 3.05) is 18.5 Å². The standard InChI is InChI=1S/C8H11NO2.H2O4S/c10-6-5-9-7-1-3-8(11)4-2-7;1-5(2,3)4/h1-4,9-11H,5-6H2;(H2,1,2,3,4). The van der Waals surface area contributed by atoms with Gasteiger partial charge in [0.25, 0.3) is 0 Å².